The zero-order chi connectivity index (χ0) is 15.4. The molecule has 0 N–H and O–H groups in total. The summed E-state index contributed by atoms with van der Waals surface area (Å²) in [5, 5.41) is 0. The number of benzene rings is 1. The van der Waals surface area contributed by atoms with Gasteiger partial charge in [0.2, 0.25) is 5.91 Å². The SMILES string of the molecule is O=C(c1cccnc1)N1CCCN(c2ccccc2)C(=O)C1. The maximum atomic E-state index is 12.5. The monoisotopic (exact) mass is 295 g/mol. The second-order valence-corrected chi connectivity index (χ2v) is 5.20. The van der Waals surface area contributed by atoms with Crippen LogP contribution in [0.2, 0.25) is 0 Å². The number of hydrogen-bond donors (Lipinski definition) is 0. The summed E-state index contributed by atoms with van der Waals surface area (Å²) in [4.78, 5) is 32.2. The molecule has 2 heterocycles. The number of aromatic nitrogens is 1. The van der Waals surface area contributed by atoms with Gasteiger partial charge in [0.05, 0.1) is 5.56 Å². The van der Waals surface area contributed by atoms with Crippen molar-refractivity contribution >= 4 is 17.5 Å². The van der Waals surface area contributed by atoms with E-state index in [2.05, 4.69) is 4.98 Å². The lowest BCUT2D eigenvalue weighted by atomic mass is 10.2. The van der Waals surface area contributed by atoms with E-state index in [-0.39, 0.29) is 18.4 Å². The summed E-state index contributed by atoms with van der Waals surface area (Å²) < 4.78 is 0. The molecular formula is C17H17N3O2. The molecule has 0 bridgehead atoms. The second kappa shape index (κ2) is 6.39. The summed E-state index contributed by atoms with van der Waals surface area (Å²) in [7, 11) is 0. The Morgan fingerprint density at radius 2 is 1.86 bits per heavy atom. The zero-order valence-electron chi connectivity index (χ0n) is 12.2. The molecule has 0 unspecified atom stereocenters. The fraction of sp³-hybridized carbons (Fsp3) is 0.235. The van der Waals surface area contributed by atoms with Crippen molar-refractivity contribution in [2.24, 2.45) is 0 Å². The van der Waals surface area contributed by atoms with Gasteiger partial charge < -0.3 is 9.80 Å². The molecule has 0 saturated carbocycles. The van der Waals surface area contributed by atoms with Crippen molar-refractivity contribution in [2.75, 3.05) is 24.5 Å². The van der Waals surface area contributed by atoms with Crippen LogP contribution in [0, 0.1) is 0 Å². The van der Waals surface area contributed by atoms with Crippen LogP contribution in [0.15, 0.2) is 54.9 Å². The highest BCUT2D eigenvalue weighted by Crippen LogP contribution is 2.17. The molecule has 1 aromatic carbocycles. The van der Waals surface area contributed by atoms with Crippen LogP contribution in [0.5, 0.6) is 0 Å². The number of para-hydroxylation sites is 1. The van der Waals surface area contributed by atoms with Gasteiger partial charge >= 0.3 is 0 Å². The normalized spacial score (nSPS) is 15.5. The number of carbonyl (C=O) groups excluding carboxylic acids is 2. The molecule has 5 nitrogen and oxygen atoms in total. The van der Waals surface area contributed by atoms with E-state index in [1.807, 2.05) is 30.3 Å². The molecule has 0 radical (unpaired) electrons. The Balaban J connectivity index is 1.76. The summed E-state index contributed by atoms with van der Waals surface area (Å²) in [5.41, 5.74) is 1.40. The Hall–Kier alpha value is -2.69. The second-order valence-electron chi connectivity index (χ2n) is 5.20. The Labute approximate surface area is 129 Å². The first-order valence-electron chi connectivity index (χ1n) is 7.30. The van der Waals surface area contributed by atoms with Gasteiger partial charge in [0, 0.05) is 31.2 Å². The molecule has 22 heavy (non-hydrogen) atoms. The number of anilines is 1. The molecule has 112 valence electrons. The van der Waals surface area contributed by atoms with Gasteiger partial charge in [-0.2, -0.15) is 0 Å². The third-order valence-electron chi connectivity index (χ3n) is 3.70. The van der Waals surface area contributed by atoms with Crippen LogP contribution < -0.4 is 4.90 Å². The number of carbonyl (C=O) groups is 2. The predicted octanol–water partition coefficient (Wildman–Crippen LogP) is 1.96. The largest absolute Gasteiger partial charge is 0.329 e. The first-order valence-corrected chi connectivity index (χ1v) is 7.30. The molecule has 2 aromatic rings. The zero-order valence-corrected chi connectivity index (χ0v) is 12.2. The number of nitrogens with zero attached hydrogens (tertiary/aromatic N) is 3. The highest BCUT2D eigenvalue weighted by molar-refractivity contribution is 6.00. The number of pyridine rings is 1. The third-order valence-corrected chi connectivity index (χ3v) is 3.70. The molecule has 1 saturated heterocycles. The van der Waals surface area contributed by atoms with Gasteiger partial charge in [-0.3, -0.25) is 14.6 Å². The first kappa shape index (κ1) is 14.3. The lowest BCUT2D eigenvalue weighted by Crippen LogP contribution is -2.39. The minimum absolute atomic E-state index is 0.0547. The van der Waals surface area contributed by atoms with Crippen molar-refractivity contribution in [3.63, 3.8) is 0 Å². The molecule has 1 aliphatic heterocycles. The van der Waals surface area contributed by atoms with Crippen LogP contribution in [0.3, 0.4) is 0 Å². The van der Waals surface area contributed by atoms with Crippen molar-refractivity contribution in [3.05, 3.63) is 60.4 Å². The fourth-order valence-electron chi connectivity index (χ4n) is 2.60. The average Bonchev–Trinajstić information content (AvgIpc) is 2.77. The summed E-state index contributed by atoms with van der Waals surface area (Å²) in [6.45, 7) is 1.30. The maximum Gasteiger partial charge on any atom is 0.255 e. The molecule has 3 rings (SSSR count). The van der Waals surface area contributed by atoms with Crippen molar-refractivity contribution < 1.29 is 9.59 Å². The summed E-state index contributed by atoms with van der Waals surface area (Å²) in [5.74, 6) is -0.197. The van der Waals surface area contributed by atoms with E-state index < -0.39 is 0 Å². The maximum absolute atomic E-state index is 12.5. The van der Waals surface area contributed by atoms with Gasteiger partial charge in [-0.1, -0.05) is 18.2 Å². The van der Waals surface area contributed by atoms with Crippen molar-refractivity contribution in [2.45, 2.75) is 6.42 Å². The van der Waals surface area contributed by atoms with Crippen LogP contribution in [0.1, 0.15) is 16.8 Å². The average molecular weight is 295 g/mol. The molecule has 1 aromatic heterocycles. The Bertz CT molecular complexity index is 658. The molecule has 0 atom stereocenters. The molecule has 5 heteroatoms. The van der Waals surface area contributed by atoms with Crippen molar-refractivity contribution in [1.82, 2.24) is 9.88 Å². The molecule has 1 fully saturated rings. The number of hydrogen-bond acceptors (Lipinski definition) is 3. The van der Waals surface area contributed by atoms with Crippen molar-refractivity contribution in [1.29, 1.82) is 0 Å². The number of amides is 2. The molecule has 2 amide bonds. The summed E-state index contributed by atoms with van der Waals surface area (Å²) in [6, 6.07) is 13.0. The minimum Gasteiger partial charge on any atom is -0.329 e. The fourth-order valence-corrected chi connectivity index (χ4v) is 2.60. The van der Waals surface area contributed by atoms with E-state index in [4.69, 9.17) is 0 Å². The van der Waals surface area contributed by atoms with Crippen LogP contribution in [0.4, 0.5) is 5.69 Å². The van der Waals surface area contributed by atoms with Crippen molar-refractivity contribution in [3.8, 4) is 0 Å². The first-order chi connectivity index (χ1) is 10.8. The molecular weight excluding hydrogens is 278 g/mol. The molecule has 0 spiro atoms. The Kier molecular flexibility index (Phi) is 4.14. The van der Waals surface area contributed by atoms with Gasteiger partial charge in [0.25, 0.3) is 5.91 Å². The minimum atomic E-state index is -0.142. The summed E-state index contributed by atoms with van der Waals surface area (Å²) in [6.07, 6.45) is 3.92. The van der Waals surface area contributed by atoms with E-state index in [0.29, 0.717) is 18.7 Å². The highest BCUT2D eigenvalue weighted by atomic mass is 16.2. The van der Waals surface area contributed by atoms with E-state index in [1.165, 1.54) is 6.20 Å². The Morgan fingerprint density at radius 1 is 1.05 bits per heavy atom. The van der Waals surface area contributed by atoms with Gasteiger partial charge in [0.1, 0.15) is 6.54 Å². The van der Waals surface area contributed by atoms with Gasteiger partial charge in [-0.15, -0.1) is 0 Å². The van der Waals surface area contributed by atoms with E-state index in [1.54, 1.807) is 28.1 Å². The van der Waals surface area contributed by atoms with E-state index >= 15 is 0 Å². The van der Waals surface area contributed by atoms with Crippen LogP contribution >= 0.6 is 0 Å². The third kappa shape index (κ3) is 2.98. The Morgan fingerprint density at radius 3 is 2.59 bits per heavy atom. The lowest BCUT2D eigenvalue weighted by molar-refractivity contribution is -0.118. The molecule has 0 aliphatic carbocycles. The van der Waals surface area contributed by atoms with E-state index in [9.17, 15) is 9.59 Å². The standard InChI is InChI=1S/C17H17N3O2/c21-16-13-19(17(22)14-6-4-9-18-12-14)10-5-11-20(16)15-7-2-1-3-8-15/h1-4,6-9,12H,5,10-11,13H2. The topological polar surface area (TPSA) is 53.5 Å². The van der Waals surface area contributed by atoms with Crippen LogP contribution in [-0.4, -0.2) is 41.3 Å². The van der Waals surface area contributed by atoms with Crippen LogP contribution in [0.25, 0.3) is 0 Å². The van der Waals surface area contributed by atoms with Gasteiger partial charge in [-0.05, 0) is 30.7 Å². The van der Waals surface area contributed by atoms with Gasteiger partial charge in [0.15, 0.2) is 0 Å². The quantitative estimate of drug-likeness (QED) is 0.851. The predicted molar refractivity (Wildman–Crippen MR) is 83.6 cm³/mol. The van der Waals surface area contributed by atoms with E-state index in [0.717, 1.165) is 12.1 Å². The van der Waals surface area contributed by atoms with Gasteiger partial charge in [-0.25, -0.2) is 0 Å². The summed E-state index contributed by atoms with van der Waals surface area (Å²) >= 11 is 0. The number of rotatable bonds is 2. The smallest absolute Gasteiger partial charge is 0.255 e. The molecule has 1 aliphatic rings. The highest BCUT2D eigenvalue weighted by Gasteiger charge is 2.26. The van der Waals surface area contributed by atoms with Crippen LogP contribution in [-0.2, 0) is 4.79 Å². The lowest BCUT2D eigenvalue weighted by Gasteiger charge is -2.22.